The second-order valence-electron chi connectivity index (χ2n) is 8.16. The van der Waals surface area contributed by atoms with Crippen LogP contribution in [0.3, 0.4) is 0 Å². The van der Waals surface area contributed by atoms with E-state index in [2.05, 4.69) is 67.7 Å². The first-order chi connectivity index (χ1) is 11.4. The smallest absolute Gasteiger partial charge is 0.0162 e. The molecule has 2 fully saturated rings. The van der Waals surface area contributed by atoms with Crippen molar-refractivity contribution in [3.05, 3.63) is 11.6 Å². The molecule has 0 radical (unpaired) electrons. The average Bonchev–Trinajstić information content (AvgIpc) is 2.57. The highest BCUT2D eigenvalue weighted by Gasteiger charge is 2.10. The lowest BCUT2D eigenvalue weighted by atomic mass is 10.00. The topological polar surface area (TPSA) is 13.0 Å². The number of piperidine rings is 1. The minimum Gasteiger partial charge on any atom is -0.306 e. The van der Waals surface area contributed by atoms with Crippen molar-refractivity contribution in [2.75, 3.05) is 80.5 Å². The van der Waals surface area contributed by atoms with E-state index in [0.29, 0.717) is 0 Å². The molecule has 3 aliphatic heterocycles. The number of nitrogens with zero attached hydrogens (tertiary/aromatic N) is 4. The Hall–Kier alpha value is -0.420. The highest BCUT2D eigenvalue weighted by molar-refractivity contribution is 5.02. The lowest BCUT2D eigenvalue weighted by Crippen LogP contribution is -2.42. The molecule has 0 aromatic heterocycles. The largest absolute Gasteiger partial charge is 0.306 e. The second-order valence-corrected chi connectivity index (χ2v) is 8.16. The molecule has 0 aromatic rings. The summed E-state index contributed by atoms with van der Waals surface area (Å²) in [4.78, 5) is 9.45. The zero-order chi connectivity index (χ0) is 17.9. The average molecular weight is 339 g/mol. The standard InChI is InChI=1S/C7H15N.C7H13N.C6H14N2/c3*1-7-3-5-8(2)6-4-7/h7H,3-6H2,1-2H3;3H,4-6H2,1-2H3;3-6H2,1-2H3. The third-order valence-electron chi connectivity index (χ3n) is 5.37. The van der Waals surface area contributed by atoms with Gasteiger partial charge < -0.3 is 19.6 Å². The van der Waals surface area contributed by atoms with Crippen molar-refractivity contribution in [2.24, 2.45) is 5.92 Å². The predicted octanol–water partition coefficient (Wildman–Crippen LogP) is 2.48. The van der Waals surface area contributed by atoms with Crippen LogP contribution in [0.25, 0.3) is 0 Å². The molecule has 0 aliphatic carbocycles. The molecule has 2 saturated heterocycles. The van der Waals surface area contributed by atoms with Crippen LogP contribution in [-0.4, -0.2) is 100 Å². The van der Waals surface area contributed by atoms with Crippen molar-refractivity contribution in [1.82, 2.24) is 19.6 Å². The summed E-state index contributed by atoms with van der Waals surface area (Å²) in [5.74, 6) is 0.978. The summed E-state index contributed by atoms with van der Waals surface area (Å²) < 4.78 is 0. The second kappa shape index (κ2) is 12.0. The van der Waals surface area contributed by atoms with Gasteiger partial charge in [-0.2, -0.15) is 0 Å². The van der Waals surface area contributed by atoms with Gasteiger partial charge in [-0.3, -0.25) is 0 Å². The highest BCUT2D eigenvalue weighted by atomic mass is 15.2. The minimum absolute atomic E-state index is 0.978. The molecule has 4 heteroatoms. The number of likely N-dealkylation sites (N-methyl/N-ethyl adjacent to an activating group) is 3. The third-order valence-corrected chi connectivity index (χ3v) is 5.37. The zero-order valence-electron chi connectivity index (χ0n) is 17.2. The van der Waals surface area contributed by atoms with Crippen LogP contribution in [0.5, 0.6) is 0 Å². The molecule has 24 heavy (non-hydrogen) atoms. The molecule has 0 amide bonds. The summed E-state index contributed by atoms with van der Waals surface area (Å²) >= 11 is 0. The third kappa shape index (κ3) is 10.4. The Balaban J connectivity index is 0.000000180. The fourth-order valence-electron chi connectivity index (χ4n) is 2.92. The van der Waals surface area contributed by atoms with E-state index >= 15 is 0 Å². The molecule has 0 unspecified atom stereocenters. The number of rotatable bonds is 0. The van der Waals surface area contributed by atoms with Crippen molar-refractivity contribution in [1.29, 1.82) is 0 Å². The molecule has 0 saturated carbocycles. The van der Waals surface area contributed by atoms with Crippen molar-refractivity contribution in [2.45, 2.75) is 33.1 Å². The van der Waals surface area contributed by atoms with Crippen LogP contribution in [0.1, 0.15) is 33.1 Å². The van der Waals surface area contributed by atoms with Gasteiger partial charge in [0.15, 0.2) is 0 Å². The van der Waals surface area contributed by atoms with Gasteiger partial charge in [-0.1, -0.05) is 18.6 Å². The molecule has 3 rings (SSSR count). The first kappa shape index (κ1) is 21.6. The van der Waals surface area contributed by atoms with Gasteiger partial charge in [0.05, 0.1) is 0 Å². The molecule has 4 nitrogen and oxygen atoms in total. The quantitative estimate of drug-likeness (QED) is 0.629. The van der Waals surface area contributed by atoms with Gasteiger partial charge in [0.1, 0.15) is 0 Å². The van der Waals surface area contributed by atoms with Crippen molar-refractivity contribution >= 4 is 0 Å². The monoisotopic (exact) mass is 338 g/mol. The minimum atomic E-state index is 0.978. The van der Waals surface area contributed by atoms with Crippen LogP contribution in [0.2, 0.25) is 0 Å². The molecule has 3 aliphatic rings. The van der Waals surface area contributed by atoms with Gasteiger partial charge >= 0.3 is 0 Å². The Morgan fingerprint density at radius 3 is 1.50 bits per heavy atom. The maximum Gasteiger partial charge on any atom is 0.0162 e. The first-order valence-electron chi connectivity index (χ1n) is 9.76. The van der Waals surface area contributed by atoms with E-state index in [1.54, 1.807) is 5.57 Å². The highest BCUT2D eigenvalue weighted by Crippen LogP contribution is 2.13. The molecular weight excluding hydrogens is 296 g/mol. The van der Waals surface area contributed by atoms with Gasteiger partial charge in [0, 0.05) is 39.3 Å². The van der Waals surface area contributed by atoms with Crippen LogP contribution in [0.4, 0.5) is 0 Å². The lowest BCUT2D eigenvalue weighted by molar-refractivity contribution is 0.181. The van der Waals surface area contributed by atoms with E-state index in [9.17, 15) is 0 Å². The molecule has 0 atom stereocenters. The molecule has 0 bridgehead atoms. The van der Waals surface area contributed by atoms with Gasteiger partial charge in [0.2, 0.25) is 0 Å². The number of likely N-dealkylation sites (tertiary alicyclic amines) is 1. The molecule has 0 N–H and O–H groups in total. The molecular formula is C20H42N4. The Bertz CT molecular complexity index is 300. The summed E-state index contributed by atoms with van der Waals surface area (Å²) in [5, 5.41) is 0. The normalized spacial score (nSPS) is 25.2. The number of piperazine rings is 1. The van der Waals surface area contributed by atoms with Crippen molar-refractivity contribution in [3.8, 4) is 0 Å². The predicted molar refractivity (Wildman–Crippen MR) is 107 cm³/mol. The van der Waals surface area contributed by atoms with E-state index in [1.165, 1.54) is 65.1 Å². The Morgan fingerprint density at radius 1 is 0.708 bits per heavy atom. The summed E-state index contributed by atoms with van der Waals surface area (Å²) in [5.41, 5.74) is 1.54. The molecule has 142 valence electrons. The van der Waals surface area contributed by atoms with Crippen LogP contribution >= 0.6 is 0 Å². The van der Waals surface area contributed by atoms with E-state index in [0.717, 1.165) is 12.5 Å². The lowest BCUT2D eigenvalue weighted by Gasteiger charge is -2.28. The summed E-state index contributed by atoms with van der Waals surface area (Å²) in [6, 6.07) is 0. The van der Waals surface area contributed by atoms with Crippen LogP contribution < -0.4 is 0 Å². The van der Waals surface area contributed by atoms with Gasteiger partial charge in [-0.15, -0.1) is 0 Å². The van der Waals surface area contributed by atoms with Gasteiger partial charge in [-0.05, 0) is 73.4 Å². The molecule has 0 aromatic carbocycles. The van der Waals surface area contributed by atoms with Crippen LogP contribution in [0.15, 0.2) is 11.6 Å². The SMILES string of the molecule is CC1=CCN(C)CC1.CC1CCN(C)CC1.CN1CCN(C)CC1. The summed E-state index contributed by atoms with van der Waals surface area (Å²) in [6.45, 7) is 14.5. The van der Waals surface area contributed by atoms with Gasteiger partial charge in [-0.25, -0.2) is 0 Å². The Labute approximate surface area is 151 Å². The summed E-state index contributed by atoms with van der Waals surface area (Å²) in [7, 11) is 8.70. The van der Waals surface area contributed by atoms with E-state index in [-0.39, 0.29) is 0 Å². The number of hydrogen-bond acceptors (Lipinski definition) is 4. The van der Waals surface area contributed by atoms with Crippen molar-refractivity contribution < 1.29 is 0 Å². The zero-order valence-corrected chi connectivity index (χ0v) is 17.2. The Morgan fingerprint density at radius 2 is 1.17 bits per heavy atom. The molecule has 0 spiro atoms. The maximum atomic E-state index is 2.40. The number of hydrogen-bond donors (Lipinski definition) is 0. The van der Waals surface area contributed by atoms with E-state index in [1.807, 2.05) is 0 Å². The maximum absolute atomic E-state index is 2.40. The van der Waals surface area contributed by atoms with E-state index < -0.39 is 0 Å². The van der Waals surface area contributed by atoms with Crippen LogP contribution in [0, 0.1) is 5.92 Å². The fraction of sp³-hybridized carbons (Fsp3) is 0.900. The van der Waals surface area contributed by atoms with Crippen molar-refractivity contribution in [3.63, 3.8) is 0 Å². The Kier molecular flexibility index (Phi) is 10.8. The summed E-state index contributed by atoms with van der Waals surface area (Å²) in [6.07, 6.45) is 6.35. The molecule has 3 heterocycles. The first-order valence-corrected chi connectivity index (χ1v) is 9.76. The van der Waals surface area contributed by atoms with Crippen LogP contribution in [-0.2, 0) is 0 Å². The van der Waals surface area contributed by atoms with E-state index in [4.69, 9.17) is 0 Å². The van der Waals surface area contributed by atoms with Gasteiger partial charge in [0.25, 0.3) is 0 Å². The fourth-order valence-corrected chi connectivity index (χ4v) is 2.92.